The highest BCUT2D eigenvalue weighted by molar-refractivity contribution is 5.76. The number of hydrogen-bond acceptors (Lipinski definition) is 3. The highest BCUT2D eigenvalue weighted by Crippen LogP contribution is 2.39. The minimum Gasteiger partial charge on any atom is -0.340 e. The number of carbonyl (C=O) groups excluding carboxylic acids is 1. The number of hydrogen-bond donors (Lipinski definition) is 0. The zero-order valence-electron chi connectivity index (χ0n) is 12.6. The van der Waals surface area contributed by atoms with Gasteiger partial charge in [-0.05, 0) is 38.0 Å². The van der Waals surface area contributed by atoms with Crippen molar-refractivity contribution in [2.75, 3.05) is 13.1 Å². The summed E-state index contributed by atoms with van der Waals surface area (Å²) in [5.74, 6) is 1.65. The highest BCUT2D eigenvalue weighted by atomic mass is 16.2. The molecule has 0 radical (unpaired) electrons. The molecule has 1 saturated heterocycles. The summed E-state index contributed by atoms with van der Waals surface area (Å²) in [6, 6.07) is 0.331. The normalized spacial score (nSPS) is 26.7. The molecule has 4 rings (SSSR count). The van der Waals surface area contributed by atoms with Crippen LogP contribution in [0.4, 0.5) is 0 Å². The van der Waals surface area contributed by atoms with Crippen LogP contribution in [0.3, 0.4) is 0 Å². The Bertz CT molecular complexity index is 516. The van der Waals surface area contributed by atoms with Crippen LogP contribution in [0, 0.1) is 5.92 Å². The predicted molar refractivity (Wildman–Crippen MR) is 78.8 cm³/mol. The molecule has 2 saturated carbocycles. The van der Waals surface area contributed by atoms with E-state index in [-0.39, 0.29) is 0 Å². The third kappa shape index (κ3) is 2.83. The Morgan fingerprint density at radius 1 is 1.19 bits per heavy atom. The molecule has 3 aliphatic rings. The first-order valence-corrected chi connectivity index (χ1v) is 8.49. The lowest BCUT2D eigenvalue weighted by molar-refractivity contribution is -0.131. The van der Waals surface area contributed by atoms with Gasteiger partial charge in [-0.3, -0.25) is 4.79 Å². The molecular formula is C16H24N4O. The van der Waals surface area contributed by atoms with Crippen molar-refractivity contribution in [2.24, 2.45) is 5.92 Å². The first-order valence-electron chi connectivity index (χ1n) is 8.49. The molecule has 2 aliphatic carbocycles. The van der Waals surface area contributed by atoms with E-state index in [4.69, 9.17) is 0 Å². The van der Waals surface area contributed by atoms with Crippen LogP contribution in [-0.4, -0.2) is 38.9 Å². The van der Waals surface area contributed by atoms with Gasteiger partial charge in [0.15, 0.2) is 0 Å². The summed E-state index contributed by atoms with van der Waals surface area (Å²) in [4.78, 5) is 14.4. The van der Waals surface area contributed by atoms with Crippen molar-refractivity contribution in [3.8, 4) is 0 Å². The molecule has 1 unspecified atom stereocenters. The van der Waals surface area contributed by atoms with Gasteiger partial charge in [0.25, 0.3) is 0 Å². The van der Waals surface area contributed by atoms with Crippen LogP contribution in [0.15, 0.2) is 6.20 Å². The summed E-state index contributed by atoms with van der Waals surface area (Å²) in [7, 11) is 0. The third-order valence-electron chi connectivity index (χ3n) is 5.35. The van der Waals surface area contributed by atoms with Crippen LogP contribution in [0.25, 0.3) is 0 Å². The van der Waals surface area contributed by atoms with Gasteiger partial charge >= 0.3 is 0 Å². The number of carbonyl (C=O) groups is 1. The zero-order chi connectivity index (χ0) is 14.2. The maximum atomic E-state index is 12.4. The molecule has 1 aliphatic heterocycles. The molecule has 5 heteroatoms. The van der Waals surface area contributed by atoms with Crippen molar-refractivity contribution >= 4 is 5.91 Å². The maximum Gasteiger partial charge on any atom is 0.222 e. The Morgan fingerprint density at radius 3 is 2.76 bits per heavy atom. The fourth-order valence-corrected chi connectivity index (χ4v) is 3.81. The molecule has 0 bridgehead atoms. The van der Waals surface area contributed by atoms with E-state index in [1.807, 2.05) is 9.58 Å². The predicted octanol–water partition coefficient (Wildman–Crippen LogP) is 2.51. The van der Waals surface area contributed by atoms with Crippen molar-refractivity contribution in [3.63, 3.8) is 0 Å². The molecule has 0 aromatic carbocycles. The Balaban J connectivity index is 1.33. The minimum atomic E-state index is 0.331. The first-order chi connectivity index (χ1) is 10.3. The third-order valence-corrected chi connectivity index (χ3v) is 5.35. The topological polar surface area (TPSA) is 51.0 Å². The molecule has 0 N–H and O–H groups in total. The van der Waals surface area contributed by atoms with Crippen molar-refractivity contribution in [2.45, 2.75) is 63.3 Å². The van der Waals surface area contributed by atoms with Crippen LogP contribution < -0.4 is 0 Å². The Kier molecular flexibility index (Phi) is 3.43. The number of rotatable bonds is 4. The largest absolute Gasteiger partial charge is 0.340 e. The van der Waals surface area contributed by atoms with E-state index >= 15 is 0 Å². The Labute approximate surface area is 125 Å². The smallest absolute Gasteiger partial charge is 0.222 e. The molecule has 1 atom stereocenters. The van der Waals surface area contributed by atoms with Crippen LogP contribution >= 0.6 is 0 Å². The summed E-state index contributed by atoms with van der Waals surface area (Å²) in [6.45, 7) is 1.70. The van der Waals surface area contributed by atoms with E-state index < -0.39 is 0 Å². The minimum absolute atomic E-state index is 0.331. The Morgan fingerprint density at radius 2 is 2.00 bits per heavy atom. The number of nitrogens with zero attached hydrogens (tertiary/aromatic N) is 4. The lowest BCUT2D eigenvalue weighted by atomic mass is 10.0. The fraction of sp³-hybridized carbons (Fsp3) is 0.812. The van der Waals surface area contributed by atoms with E-state index in [2.05, 4.69) is 16.5 Å². The lowest BCUT2D eigenvalue weighted by Crippen LogP contribution is -2.30. The van der Waals surface area contributed by atoms with Crippen molar-refractivity contribution < 1.29 is 4.79 Å². The van der Waals surface area contributed by atoms with Crippen LogP contribution in [0.2, 0.25) is 0 Å². The van der Waals surface area contributed by atoms with Crippen molar-refractivity contribution in [1.29, 1.82) is 0 Å². The second-order valence-electron chi connectivity index (χ2n) is 7.03. The average molecular weight is 288 g/mol. The monoisotopic (exact) mass is 288 g/mol. The van der Waals surface area contributed by atoms with Gasteiger partial charge < -0.3 is 4.90 Å². The molecule has 1 aromatic heterocycles. The van der Waals surface area contributed by atoms with Gasteiger partial charge in [-0.15, -0.1) is 5.10 Å². The average Bonchev–Trinajstić information content (AvgIpc) is 2.94. The van der Waals surface area contributed by atoms with Gasteiger partial charge in [0, 0.05) is 31.6 Å². The second kappa shape index (κ2) is 5.43. The summed E-state index contributed by atoms with van der Waals surface area (Å²) in [5, 5.41) is 8.57. The molecule has 2 heterocycles. The quantitative estimate of drug-likeness (QED) is 0.855. The summed E-state index contributed by atoms with van der Waals surface area (Å²) in [6.07, 6.45) is 11.5. The van der Waals surface area contributed by atoms with Gasteiger partial charge in [-0.2, -0.15) is 0 Å². The molecule has 1 amide bonds. The first kappa shape index (κ1) is 13.3. The van der Waals surface area contributed by atoms with E-state index in [1.54, 1.807) is 0 Å². The number of likely N-dealkylation sites (tertiary alicyclic amines) is 1. The van der Waals surface area contributed by atoms with Crippen LogP contribution in [0.5, 0.6) is 0 Å². The van der Waals surface area contributed by atoms with Crippen LogP contribution in [0.1, 0.15) is 69.0 Å². The molecule has 3 fully saturated rings. The molecule has 21 heavy (non-hydrogen) atoms. The summed E-state index contributed by atoms with van der Waals surface area (Å²) in [5.41, 5.74) is 1.14. The molecule has 1 aromatic rings. The number of amides is 1. The molecule has 0 spiro atoms. The standard InChI is InChI=1S/C16H24N4O/c21-16(9-12-3-1-2-4-12)19-8-7-14(10-19)20-11-15(17-18-20)13-5-6-13/h11-14H,1-10H2. The van der Waals surface area contributed by atoms with Crippen LogP contribution in [-0.2, 0) is 4.79 Å². The van der Waals surface area contributed by atoms with Gasteiger partial charge in [-0.25, -0.2) is 4.68 Å². The van der Waals surface area contributed by atoms with Gasteiger partial charge in [-0.1, -0.05) is 18.1 Å². The Hall–Kier alpha value is -1.39. The van der Waals surface area contributed by atoms with Crippen molar-refractivity contribution in [1.82, 2.24) is 19.9 Å². The lowest BCUT2D eigenvalue weighted by Gasteiger charge is -2.18. The van der Waals surface area contributed by atoms with Gasteiger partial charge in [0.05, 0.1) is 11.7 Å². The summed E-state index contributed by atoms with van der Waals surface area (Å²) >= 11 is 0. The van der Waals surface area contributed by atoms with Crippen molar-refractivity contribution in [3.05, 3.63) is 11.9 Å². The van der Waals surface area contributed by atoms with E-state index in [0.29, 0.717) is 23.8 Å². The maximum absolute atomic E-state index is 12.4. The number of aromatic nitrogens is 3. The zero-order valence-corrected chi connectivity index (χ0v) is 12.6. The van der Waals surface area contributed by atoms with E-state index in [0.717, 1.165) is 31.6 Å². The fourth-order valence-electron chi connectivity index (χ4n) is 3.81. The molecule has 5 nitrogen and oxygen atoms in total. The van der Waals surface area contributed by atoms with Gasteiger partial charge in [0.1, 0.15) is 0 Å². The van der Waals surface area contributed by atoms with E-state index in [1.165, 1.54) is 38.5 Å². The highest BCUT2D eigenvalue weighted by Gasteiger charge is 2.32. The van der Waals surface area contributed by atoms with Gasteiger partial charge in [0.2, 0.25) is 5.91 Å². The molecular weight excluding hydrogens is 264 g/mol. The van der Waals surface area contributed by atoms with E-state index in [9.17, 15) is 4.79 Å². The summed E-state index contributed by atoms with van der Waals surface area (Å²) < 4.78 is 2.00. The SMILES string of the molecule is O=C(CC1CCCC1)N1CCC(n2cc(C3CC3)nn2)C1. The molecule has 114 valence electrons. The second-order valence-corrected chi connectivity index (χ2v) is 7.03.